The molecule has 0 unspecified atom stereocenters. The van der Waals surface area contributed by atoms with Crippen LogP contribution in [0.2, 0.25) is 0 Å². The van der Waals surface area contributed by atoms with Crippen molar-refractivity contribution in [1.82, 2.24) is 10.3 Å². The number of thiazole rings is 1. The molecule has 0 spiro atoms. The van der Waals surface area contributed by atoms with Crippen LogP contribution in [0, 0.1) is 6.92 Å². The summed E-state index contributed by atoms with van der Waals surface area (Å²) in [5, 5.41) is 4.61. The molecule has 1 aromatic carbocycles. The van der Waals surface area contributed by atoms with E-state index in [9.17, 15) is 0 Å². The van der Waals surface area contributed by atoms with Crippen molar-refractivity contribution < 1.29 is 4.74 Å². The zero-order valence-corrected chi connectivity index (χ0v) is 13.4. The molecule has 2 rings (SSSR count). The van der Waals surface area contributed by atoms with Gasteiger partial charge in [-0.1, -0.05) is 26.0 Å². The summed E-state index contributed by atoms with van der Waals surface area (Å²) in [6.07, 6.45) is 0.865. The monoisotopic (exact) mass is 290 g/mol. The molecule has 0 fully saturated rings. The van der Waals surface area contributed by atoms with Gasteiger partial charge in [0.05, 0.1) is 17.8 Å². The van der Waals surface area contributed by atoms with Crippen molar-refractivity contribution in [3.63, 3.8) is 0 Å². The van der Waals surface area contributed by atoms with E-state index < -0.39 is 0 Å². The summed E-state index contributed by atoms with van der Waals surface area (Å²) in [5.41, 5.74) is 2.38. The van der Waals surface area contributed by atoms with Crippen LogP contribution in [0.1, 0.15) is 35.0 Å². The molecule has 1 heterocycles. The number of ether oxygens (including phenoxy) is 1. The van der Waals surface area contributed by atoms with Crippen molar-refractivity contribution in [1.29, 1.82) is 0 Å². The molecule has 0 saturated carbocycles. The predicted octanol–water partition coefficient (Wildman–Crippen LogP) is 3.55. The molecular weight excluding hydrogens is 268 g/mol. The Morgan fingerprint density at radius 2 is 2.15 bits per heavy atom. The Bertz CT molecular complexity index is 563. The number of nitrogens with zero attached hydrogens (tertiary/aromatic N) is 1. The highest BCUT2D eigenvalue weighted by Crippen LogP contribution is 2.22. The summed E-state index contributed by atoms with van der Waals surface area (Å²) >= 11 is 1.80. The van der Waals surface area contributed by atoms with Gasteiger partial charge in [-0.05, 0) is 24.6 Å². The van der Waals surface area contributed by atoms with Gasteiger partial charge in [0.1, 0.15) is 5.75 Å². The summed E-state index contributed by atoms with van der Waals surface area (Å²) in [7, 11) is 1.70. The number of hydrogen-bond acceptors (Lipinski definition) is 4. The third kappa shape index (κ3) is 4.05. The van der Waals surface area contributed by atoms with E-state index in [1.54, 1.807) is 18.4 Å². The van der Waals surface area contributed by atoms with Crippen LogP contribution in [0.5, 0.6) is 5.75 Å². The standard InChI is InChI=1S/C16H22N2OS/c1-11(2)17-10-15-12(3)18-16(20-15)9-13-6-5-7-14(8-13)19-4/h5-8,11,17H,9-10H2,1-4H3. The Labute approximate surface area is 125 Å². The molecule has 0 aliphatic heterocycles. The van der Waals surface area contributed by atoms with E-state index in [0.717, 1.165) is 29.4 Å². The molecule has 1 N–H and O–H groups in total. The lowest BCUT2D eigenvalue weighted by molar-refractivity contribution is 0.414. The average Bonchev–Trinajstić information content (AvgIpc) is 2.76. The van der Waals surface area contributed by atoms with E-state index in [2.05, 4.69) is 43.2 Å². The molecule has 0 radical (unpaired) electrons. The van der Waals surface area contributed by atoms with E-state index in [0.29, 0.717) is 6.04 Å². The largest absolute Gasteiger partial charge is 0.497 e. The Morgan fingerprint density at radius 1 is 1.35 bits per heavy atom. The van der Waals surface area contributed by atoms with Crippen molar-refractivity contribution in [2.75, 3.05) is 7.11 Å². The van der Waals surface area contributed by atoms with Crippen molar-refractivity contribution in [3.05, 3.63) is 45.4 Å². The highest BCUT2D eigenvalue weighted by molar-refractivity contribution is 7.11. The summed E-state index contributed by atoms with van der Waals surface area (Å²) in [5.74, 6) is 0.900. The van der Waals surface area contributed by atoms with E-state index in [1.807, 2.05) is 12.1 Å². The minimum Gasteiger partial charge on any atom is -0.497 e. The van der Waals surface area contributed by atoms with Crippen molar-refractivity contribution in [2.24, 2.45) is 0 Å². The number of rotatable bonds is 6. The van der Waals surface area contributed by atoms with Gasteiger partial charge in [-0.2, -0.15) is 0 Å². The van der Waals surface area contributed by atoms with E-state index in [4.69, 9.17) is 4.74 Å². The molecule has 2 aromatic rings. The van der Waals surface area contributed by atoms with E-state index in [-0.39, 0.29) is 0 Å². The molecule has 0 atom stereocenters. The van der Waals surface area contributed by atoms with Gasteiger partial charge in [0, 0.05) is 23.9 Å². The van der Waals surface area contributed by atoms with Crippen molar-refractivity contribution >= 4 is 11.3 Å². The summed E-state index contributed by atoms with van der Waals surface area (Å²) in [4.78, 5) is 6.01. The Hall–Kier alpha value is -1.39. The van der Waals surface area contributed by atoms with Crippen molar-refractivity contribution in [2.45, 2.75) is 39.8 Å². The zero-order valence-electron chi connectivity index (χ0n) is 12.6. The molecule has 4 heteroatoms. The molecule has 0 bridgehead atoms. The van der Waals surface area contributed by atoms with Crippen LogP contribution in [0.3, 0.4) is 0 Å². The maximum absolute atomic E-state index is 5.26. The van der Waals surface area contributed by atoms with Crippen molar-refractivity contribution in [3.8, 4) is 5.75 Å². The fourth-order valence-electron chi connectivity index (χ4n) is 1.98. The highest BCUT2D eigenvalue weighted by Gasteiger charge is 2.09. The van der Waals surface area contributed by atoms with Crippen LogP contribution in [-0.2, 0) is 13.0 Å². The van der Waals surface area contributed by atoms with Crippen LogP contribution < -0.4 is 10.1 Å². The summed E-state index contributed by atoms with van der Waals surface area (Å²) in [6.45, 7) is 7.31. The van der Waals surface area contributed by atoms with Crippen LogP contribution >= 0.6 is 11.3 Å². The number of hydrogen-bond donors (Lipinski definition) is 1. The molecule has 20 heavy (non-hydrogen) atoms. The second-order valence-electron chi connectivity index (χ2n) is 5.18. The topological polar surface area (TPSA) is 34.1 Å². The molecule has 0 saturated heterocycles. The molecule has 0 amide bonds. The summed E-state index contributed by atoms with van der Waals surface area (Å²) < 4.78 is 5.26. The number of aryl methyl sites for hydroxylation is 1. The van der Waals surface area contributed by atoms with Gasteiger partial charge in [0.25, 0.3) is 0 Å². The lowest BCUT2D eigenvalue weighted by atomic mass is 10.1. The number of methoxy groups -OCH3 is 1. The summed E-state index contributed by atoms with van der Waals surface area (Å²) in [6, 6.07) is 8.68. The number of benzene rings is 1. The van der Waals surface area contributed by atoms with E-state index in [1.165, 1.54) is 10.4 Å². The van der Waals surface area contributed by atoms with Crippen LogP contribution in [0.4, 0.5) is 0 Å². The van der Waals surface area contributed by atoms with Gasteiger partial charge in [-0.15, -0.1) is 11.3 Å². The first-order chi connectivity index (χ1) is 9.58. The Balaban J connectivity index is 2.07. The van der Waals surface area contributed by atoms with Gasteiger partial charge in [-0.3, -0.25) is 0 Å². The molecule has 1 aromatic heterocycles. The first-order valence-corrected chi connectivity index (χ1v) is 7.71. The predicted molar refractivity (Wildman–Crippen MR) is 84.6 cm³/mol. The fraction of sp³-hybridized carbons (Fsp3) is 0.438. The Kier molecular flexibility index (Phi) is 5.15. The maximum atomic E-state index is 5.26. The van der Waals surface area contributed by atoms with Crippen LogP contribution in [0.25, 0.3) is 0 Å². The number of aromatic nitrogens is 1. The quantitative estimate of drug-likeness (QED) is 0.883. The Morgan fingerprint density at radius 3 is 2.85 bits per heavy atom. The average molecular weight is 290 g/mol. The molecular formula is C16H22N2OS. The minimum atomic E-state index is 0.498. The molecule has 3 nitrogen and oxygen atoms in total. The first kappa shape index (κ1) is 15.0. The first-order valence-electron chi connectivity index (χ1n) is 6.90. The lowest BCUT2D eigenvalue weighted by Crippen LogP contribution is -2.21. The smallest absolute Gasteiger partial charge is 0.119 e. The maximum Gasteiger partial charge on any atom is 0.119 e. The van der Waals surface area contributed by atoms with E-state index >= 15 is 0 Å². The van der Waals surface area contributed by atoms with Crippen LogP contribution in [0.15, 0.2) is 24.3 Å². The van der Waals surface area contributed by atoms with Gasteiger partial charge < -0.3 is 10.1 Å². The van der Waals surface area contributed by atoms with Gasteiger partial charge in [0.15, 0.2) is 0 Å². The minimum absolute atomic E-state index is 0.498. The second-order valence-corrected chi connectivity index (χ2v) is 6.35. The molecule has 108 valence electrons. The zero-order chi connectivity index (χ0) is 14.5. The third-order valence-corrected chi connectivity index (χ3v) is 4.25. The second kappa shape index (κ2) is 6.86. The van der Waals surface area contributed by atoms with Gasteiger partial charge in [-0.25, -0.2) is 4.98 Å². The molecule has 0 aliphatic carbocycles. The fourth-order valence-corrected chi connectivity index (χ4v) is 3.04. The third-order valence-electron chi connectivity index (χ3n) is 3.10. The molecule has 0 aliphatic rings. The lowest BCUT2D eigenvalue weighted by Gasteiger charge is -2.05. The highest BCUT2D eigenvalue weighted by atomic mass is 32.1. The van der Waals surface area contributed by atoms with Crippen LogP contribution in [-0.4, -0.2) is 18.1 Å². The normalized spacial score (nSPS) is 11.1. The SMILES string of the molecule is COc1cccc(Cc2nc(C)c(CNC(C)C)s2)c1. The van der Waals surface area contributed by atoms with Gasteiger partial charge >= 0.3 is 0 Å². The number of nitrogens with one attached hydrogen (secondary N) is 1. The van der Waals surface area contributed by atoms with Gasteiger partial charge in [0.2, 0.25) is 0 Å².